The molecule has 0 radical (unpaired) electrons. The Labute approximate surface area is 124 Å². The second kappa shape index (κ2) is 5.96. The number of rotatable bonds is 3. The van der Waals surface area contributed by atoms with E-state index in [1.807, 2.05) is 4.90 Å². The van der Waals surface area contributed by atoms with Gasteiger partial charge in [0.25, 0.3) is 0 Å². The fourth-order valence-corrected chi connectivity index (χ4v) is 3.65. The van der Waals surface area contributed by atoms with Crippen molar-refractivity contribution in [2.45, 2.75) is 44.6 Å². The molecular formula is C17H20FNO2. The molecule has 3 rings (SSSR count). The van der Waals surface area contributed by atoms with Crippen LogP contribution in [-0.4, -0.2) is 29.2 Å². The summed E-state index contributed by atoms with van der Waals surface area (Å²) in [5.74, 6) is 0.136. The van der Waals surface area contributed by atoms with E-state index in [1.54, 1.807) is 12.1 Å². The van der Waals surface area contributed by atoms with Crippen LogP contribution in [-0.2, 0) is 16.0 Å². The van der Waals surface area contributed by atoms with Gasteiger partial charge in [0.15, 0.2) is 0 Å². The number of halogens is 1. The van der Waals surface area contributed by atoms with E-state index in [0.717, 1.165) is 37.8 Å². The van der Waals surface area contributed by atoms with Crippen molar-refractivity contribution in [3.05, 3.63) is 35.6 Å². The van der Waals surface area contributed by atoms with E-state index >= 15 is 0 Å². The highest BCUT2D eigenvalue weighted by Crippen LogP contribution is 2.33. The lowest BCUT2D eigenvalue weighted by atomic mass is 9.95. The minimum atomic E-state index is -0.290. The maximum Gasteiger partial charge on any atom is 0.227 e. The van der Waals surface area contributed by atoms with E-state index in [1.165, 1.54) is 12.1 Å². The van der Waals surface area contributed by atoms with E-state index in [4.69, 9.17) is 0 Å². The Morgan fingerprint density at radius 1 is 1.19 bits per heavy atom. The second-order valence-corrected chi connectivity index (χ2v) is 6.06. The average Bonchev–Trinajstić information content (AvgIpc) is 3.09. The lowest BCUT2D eigenvalue weighted by Crippen LogP contribution is -2.42. The summed E-state index contributed by atoms with van der Waals surface area (Å²) in [5, 5.41) is 0. The van der Waals surface area contributed by atoms with E-state index < -0.39 is 0 Å². The molecular weight excluding hydrogens is 269 g/mol. The van der Waals surface area contributed by atoms with Crippen molar-refractivity contribution in [3.63, 3.8) is 0 Å². The Balaban J connectivity index is 1.68. The summed E-state index contributed by atoms with van der Waals surface area (Å²) in [7, 11) is 0. The fourth-order valence-electron chi connectivity index (χ4n) is 3.65. The van der Waals surface area contributed by atoms with Gasteiger partial charge in [-0.2, -0.15) is 0 Å². The molecule has 0 spiro atoms. The summed E-state index contributed by atoms with van der Waals surface area (Å²) in [6.45, 7) is 0.745. The molecule has 4 heteroatoms. The SMILES string of the molecule is O=C1CCCC1C1CCCN1C(=O)Cc1ccc(F)cc1. The van der Waals surface area contributed by atoms with Gasteiger partial charge in [-0.1, -0.05) is 12.1 Å². The predicted octanol–water partition coefficient (Wildman–Crippen LogP) is 2.73. The topological polar surface area (TPSA) is 37.4 Å². The summed E-state index contributed by atoms with van der Waals surface area (Å²) < 4.78 is 12.9. The van der Waals surface area contributed by atoms with E-state index in [2.05, 4.69) is 0 Å². The lowest BCUT2D eigenvalue weighted by molar-refractivity contribution is -0.133. The number of hydrogen-bond acceptors (Lipinski definition) is 2. The molecule has 2 aliphatic rings. The van der Waals surface area contributed by atoms with Gasteiger partial charge in [-0.3, -0.25) is 9.59 Å². The molecule has 1 saturated heterocycles. The maximum absolute atomic E-state index is 12.9. The third kappa shape index (κ3) is 2.99. The highest BCUT2D eigenvalue weighted by molar-refractivity contribution is 5.85. The first-order chi connectivity index (χ1) is 10.1. The van der Waals surface area contributed by atoms with Crippen LogP contribution in [0.4, 0.5) is 4.39 Å². The molecule has 1 aliphatic carbocycles. The zero-order valence-corrected chi connectivity index (χ0v) is 12.1. The molecule has 2 unspecified atom stereocenters. The smallest absolute Gasteiger partial charge is 0.227 e. The van der Waals surface area contributed by atoms with Crippen LogP contribution in [0, 0.1) is 11.7 Å². The molecule has 2 fully saturated rings. The zero-order valence-electron chi connectivity index (χ0n) is 12.1. The van der Waals surface area contributed by atoms with Crippen molar-refractivity contribution >= 4 is 11.7 Å². The molecule has 0 aromatic heterocycles. The van der Waals surface area contributed by atoms with Crippen molar-refractivity contribution < 1.29 is 14.0 Å². The molecule has 1 aliphatic heterocycles. The van der Waals surface area contributed by atoms with Crippen LogP contribution in [0.25, 0.3) is 0 Å². The Morgan fingerprint density at radius 2 is 1.95 bits per heavy atom. The molecule has 112 valence electrons. The van der Waals surface area contributed by atoms with Gasteiger partial charge in [-0.05, 0) is 43.4 Å². The van der Waals surface area contributed by atoms with Crippen molar-refractivity contribution in [1.82, 2.24) is 4.90 Å². The van der Waals surface area contributed by atoms with E-state index in [9.17, 15) is 14.0 Å². The van der Waals surface area contributed by atoms with Crippen molar-refractivity contribution in [1.29, 1.82) is 0 Å². The quantitative estimate of drug-likeness (QED) is 0.858. The third-order valence-corrected chi connectivity index (χ3v) is 4.70. The summed E-state index contributed by atoms with van der Waals surface area (Å²) in [6, 6.07) is 6.15. The number of nitrogens with zero attached hydrogens (tertiary/aromatic N) is 1. The van der Waals surface area contributed by atoms with Crippen LogP contribution in [0.2, 0.25) is 0 Å². The van der Waals surface area contributed by atoms with E-state index in [-0.39, 0.29) is 30.1 Å². The number of Topliss-reactive ketones (excluding diaryl/α,β-unsaturated/α-hetero) is 1. The van der Waals surface area contributed by atoms with Gasteiger partial charge < -0.3 is 4.90 Å². The molecule has 3 nitrogen and oxygen atoms in total. The lowest BCUT2D eigenvalue weighted by Gasteiger charge is -2.28. The Morgan fingerprint density at radius 3 is 2.62 bits per heavy atom. The first kappa shape index (κ1) is 14.2. The van der Waals surface area contributed by atoms with Crippen LogP contribution < -0.4 is 0 Å². The number of carbonyl (C=O) groups excluding carboxylic acids is 2. The standard InChI is InChI=1S/C17H20FNO2/c18-13-8-6-12(7-9-13)11-17(21)19-10-2-4-15(19)14-3-1-5-16(14)20/h6-9,14-15H,1-5,10-11H2. The van der Waals surface area contributed by atoms with Crippen LogP contribution in [0.15, 0.2) is 24.3 Å². The molecule has 0 bridgehead atoms. The van der Waals surface area contributed by atoms with Crippen LogP contribution >= 0.6 is 0 Å². The predicted molar refractivity (Wildman–Crippen MR) is 77.2 cm³/mol. The highest BCUT2D eigenvalue weighted by atomic mass is 19.1. The summed E-state index contributed by atoms with van der Waals surface area (Å²) in [5.41, 5.74) is 0.824. The number of hydrogen-bond donors (Lipinski definition) is 0. The third-order valence-electron chi connectivity index (χ3n) is 4.70. The van der Waals surface area contributed by atoms with Gasteiger partial charge in [0, 0.05) is 24.9 Å². The van der Waals surface area contributed by atoms with Crippen molar-refractivity contribution in [3.8, 4) is 0 Å². The number of likely N-dealkylation sites (tertiary alicyclic amines) is 1. The Kier molecular flexibility index (Phi) is 4.04. The second-order valence-electron chi connectivity index (χ2n) is 6.06. The molecule has 1 heterocycles. The molecule has 1 amide bonds. The fraction of sp³-hybridized carbons (Fsp3) is 0.529. The minimum Gasteiger partial charge on any atom is -0.339 e. The molecule has 1 aromatic rings. The maximum atomic E-state index is 12.9. The number of carbonyl (C=O) groups is 2. The minimum absolute atomic E-state index is 0.0460. The molecule has 21 heavy (non-hydrogen) atoms. The summed E-state index contributed by atoms with van der Waals surface area (Å²) >= 11 is 0. The van der Waals surface area contributed by atoms with Gasteiger partial charge in [-0.25, -0.2) is 4.39 Å². The first-order valence-electron chi connectivity index (χ1n) is 7.72. The highest BCUT2D eigenvalue weighted by Gasteiger charge is 2.39. The number of amides is 1. The van der Waals surface area contributed by atoms with Crippen LogP contribution in [0.5, 0.6) is 0 Å². The van der Waals surface area contributed by atoms with Gasteiger partial charge in [0.1, 0.15) is 11.6 Å². The number of ketones is 1. The zero-order chi connectivity index (χ0) is 14.8. The van der Waals surface area contributed by atoms with Crippen molar-refractivity contribution in [2.24, 2.45) is 5.92 Å². The molecule has 0 N–H and O–H groups in total. The molecule has 1 aromatic carbocycles. The molecule has 2 atom stereocenters. The van der Waals surface area contributed by atoms with E-state index in [0.29, 0.717) is 12.2 Å². The van der Waals surface area contributed by atoms with Gasteiger partial charge in [0.2, 0.25) is 5.91 Å². The monoisotopic (exact) mass is 289 g/mol. The summed E-state index contributed by atoms with van der Waals surface area (Å²) in [6.07, 6.45) is 4.75. The first-order valence-corrected chi connectivity index (χ1v) is 7.72. The largest absolute Gasteiger partial charge is 0.339 e. The normalized spacial score (nSPS) is 25.6. The van der Waals surface area contributed by atoms with Gasteiger partial charge in [0.05, 0.1) is 6.42 Å². The summed E-state index contributed by atoms with van der Waals surface area (Å²) in [4.78, 5) is 26.3. The van der Waals surface area contributed by atoms with Crippen molar-refractivity contribution in [2.75, 3.05) is 6.54 Å². The van der Waals surface area contributed by atoms with Crippen LogP contribution in [0.1, 0.15) is 37.7 Å². The molecule has 1 saturated carbocycles. The van der Waals surface area contributed by atoms with Crippen LogP contribution in [0.3, 0.4) is 0 Å². The average molecular weight is 289 g/mol. The number of benzene rings is 1. The Bertz CT molecular complexity index is 540. The van der Waals surface area contributed by atoms with Gasteiger partial charge >= 0.3 is 0 Å². The van der Waals surface area contributed by atoms with Gasteiger partial charge in [-0.15, -0.1) is 0 Å². The Hall–Kier alpha value is -1.71.